The fraction of sp³-hybridized carbons (Fsp3) is 0.531. The monoisotopic (exact) mass is 617 g/mol. The van der Waals surface area contributed by atoms with Crippen LogP contribution in [0.25, 0.3) is 0 Å². The van der Waals surface area contributed by atoms with Crippen LogP contribution in [0.2, 0.25) is 0 Å². The van der Waals surface area contributed by atoms with Crippen molar-refractivity contribution in [3.05, 3.63) is 70.8 Å². The minimum atomic E-state index is -4.43. The summed E-state index contributed by atoms with van der Waals surface area (Å²) in [5, 5.41) is 8.67. The Morgan fingerprint density at radius 3 is 2.39 bits per heavy atom. The molecule has 1 unspecified atom stereocenters. The minimum Gasteiger partial charge on any atom is -0.424 e. The highest BCUT2D eigenvalue weighted by Gasteiger charge is 2.39. The minimum absolute atomic E-state index is 0.146. The fourth-order valence-corrected chi connectivity index (χ4v) is 5.66. The predicted octanol–water partition coefficient (Wildman–Crippen LogP) is 4.23. The number of likely N-dealkylation sites (N-methyl/N-ethyl adjacent to an activating group) is 1. The molecule has 3 amide bonds. The number of rotatable bonds is 9. The lowest BCUT2D eigenvalue weighted by molar-refractivity contribution is -0.153. The average Bonchev–Trinajstić information content (AvgIpc) is 2.99. The number of halogens is 3. The van der Waals surface area contributed by atoms with Crippen LogP contribution in [0.3, 0.4) is 0 Å². The van der Waals surface area contributed by atoms with E-state index in [0.717, 1.165) is 37.0 Å². The average molecular weight is 618 g/mol. The van der Waals surface area contributed by atoms with Crippen LogP contribution in [0, 0.1) is 5.92 Å². The van der Waals surface area contributed by atoms with Crippen molar-refractivity contribution in [2.75, 3.05) is 26.7 Å². The summed E-state index contributed by atoms with van der Waals surface area (Å²) in [6.07, 6.45) is -3.48. The summed E-state index contributed by atoms with van der Waals surface area (Å²) in [6, 6.07) is 11.3. The molecule has 12 heteroatoms. The number of hydrogen-bond acceptors (Lipinski definition) is 6. The van der Waals surface area contributed by atoms with Crippen molar-refractivity contribution >= 4 is 17.9 Å². The molecular weight excluding hydrogens is 575 g/mol. The number of aryl methyl sites for hydroxylation is 1. The number of piperazine rings is 1. The van der Waals surface area contributed by atoms with E-state index in [4.69, 9.17) is 4.74 Å². The van der Waals surface area contributed by atoms with Gasteiger partial charge in [-0.05, 0) is 68.0 Å². The second kappa shape index (κ2) is 14.4. The van der Waals surface area contributed by atoms with E-state index in [0.29, 0.717) is 18.7 Å². The third kappa shape index (κ3) is 8.29. The molecule has 1 aliphatic carbocycles. The molecule has 0 aromatic heterocycles. The lowest BCUT2D eigenvalue weighted by Gasteiger charge is -2.42. The smallest absolute Gasteiger partial charge is 0.416 e. The molecule has 0 saturated carbocycles. The zero-order chi connectivity index (χ0) is 32.0. The van der Waals surface area contributed by atoms with Crippen LogP contribution in [0.1, 0.15) is 61.9 Å². The number of nitrogens with one attached hydrogen (secondary N) is 3. The molecule has 2 aliphatic rings. The van der Waals surface area contributed by atoms with Crippen LogP contribution in [0.5, 0.6) is 0 Å². The Kier molecular flexibility index (Phi) is 10.9. The van der Waals surface area contributed by atoms with Gasteiger partial charge in [-0.3, -0.25) is 14.5 Å². The number of fused-ring (bicyclic) bond motifs is 1. The van der Waals surface area contributed by atoms with Gasteiger partial charge in [0.2, 0.25) is 11.8 Å². The van der Waals surface area contributed by atoms with Gasteiger partial charge in [-0.1, -0.05) is 50.2 Å². The normalized spacial score (nSPS) is 20.4. The lowest BCUT2D eigenvalue weighted by atomic mass is 9.88. The third-order valence-electron chi connectivity index (χ3n) is 8.35. The van der Waals surface area contributed by atoms with Gasteiger partial charge in [0.05, 0.1) is 24.2 Å². The number of hydrogen-bond donors (Lipinski definition) is 3. The van der Waals surface area contributed by atoms with Crippen molar-refractivity contribution in [1.29, 1.82) is 0 Å². The van der Waals surface area contributed by atoms with E-state index in [1.54, 1.807) is 14.0 Å². The van der Waals surface area contributed by atoms with Gasteiger partial charge < -0.3 is 25.6 Å². The van der Waals surface area contributed by atoms with Crippen molar-refractivity contribution < 1.29 is 32.3 Å². The van der Waals surface area contributed by atoms with Crippen LogP contribution < -0.4 is 16.0 Å². The van der Waals surface area contributed by atoms with Crippen molar-refractivity contribution in [1.82, 2.24) is 25.8 Å². The van der Waals surface area contributed by atoms with Crippen molar-refractivity contribution in [3.8, 4) is 0 Å². The van der Waals surface area contributed by atoms with E-state index in [1.807, 2.05) is 43.0 Å². The summed E-state index contributed by atoms with van der Waals surface area (Å²) in [5.41, 5.74) is 2.14. The molecule has 1 heterocycles. The standard InChI is InChI=1S/C32H42F3N5O4/c1-20(2)28(38-29(41)21(3)36-4)30(42)40-17-16-39(18-22-12-14-24(15-13-22)32(33,34)35)19-27(40)44-31(43)37-26-11-7-9-23-8-5-6-10-25(23)26/h5-6,8,10,12-15,20-21,26-28,36H,7,9,11,16-19H2,1-4H3,(H,37,43)(H,38,41)/t21-,26?,27-,28-/m0/s1. The maximum Gasteiger partial charge on any atom is 0.416 e. The van der Waals surface area contributed by atoms with Gasteiger partial charge in [0.1, 0.15) is 6.04 Å². The van der Waals surface area contributed by atoms with E-state index >= 15 is 0 Å². The zero-order valence-corrected chi connectivity index (χ0v) is 25.6. The molecule has 240 valence electrons. The molecule has 0 bridgehead atoms. The van der Waals surface area contributed by atoms with Gasteiger partial charge >= 0.3 is 12.3 Å². The first-order valence-corrected chi connectivity index (χ1v) is 15.1. The topological polar surface area (TPSA) is 103 Å². The third-order valence-corrected chi connectivity index (χ3v) is 8.35. The SMILES string of the molecule is CN[C@@H](C)C(=O)N[C@H](C(=O)N1CCN(Cc2ccc(C(F)(F)F)cc2)C[C@@H]1OC(=O)NC1CCCc2ccccc21)C(C)C. The fourth-order valence-electron chi connectivity index (χ4n) is 5.66. The summed E-state index contributed by atoms with van der Waals surface area (Å²) in [4.78, 5) is 43.3. The van der Waals surface area contributed by atoms with Crippen molar-refractivity contribution in [2.45, 2.75) is 77.1 Å². The van der Waals surface area contributed by atoms with E-state index in [-0.39, 0.29) is 36.9 Å². The Balaban J connectivity index is 1.51. The largest absolute Gasteiger partial charge is 0.424 e. The summed E-state index contributed by atoms with van der Waals surface area (Å²) < 4.78 is 45.1. The highest BCUT2D eigenvalue weighted by molar-refractivity contribution is 5.90. The number of alkyl carbamates (subject to hydrolysis) is 1. The molecule has 1 saturated heterocycles. The Bertz CT molecular complexity index is 1300. The van der Waals surface area contributed by atoms with Crippen LogP contribution >= 0.6 is 0 Å². The second-order valence-corrected chi connectivity index (χ2v) is 11.8. The van der Waals surface area contributed by atoms with Crippen LogP contribution in [0.15, 0.2) is 48.5 Å². The number of ether oxygens (including phenoxy) is 1. The van der Waals surface area contributed by atoms with Gasteiger partial charge in [-0.25, -0.2) is 4.79 Å². The Hall–Kier alpha value is -3.64. The Morgan fingerprint density at radius 1 is 1.02 bits per heavy atom. The van der Waals surface area contributed by atoms with Gasteiger partial charge in [-0.15, -0.1) is 0 Å². The van der Waals surface area contributed by atoms with E-state index < -0.39 is 36.1 Å². The maximum absolute atomic E-state index is 13.9. The first kappa shape index (κ1) is 33.3. The number of nitrogens with zero attached hydrogens (tertiary/aromatic N) is 2. The molecule has 0 radical (unpaired) electrons. The molecule has 9 nitrogen and oxygen atoms in total. The number of benzene rings is 2. The molecule has 0 spiro atoms. The molecule has 1 aliphatic heterocycles. The van der Waals surface area contributed by atoms with E-state index in [9.17, 15) is 27.6 Å². The van der Waals surface area contributed by atoms with Crippen LogP contribution in [-0.4, -0.2) is 72.7 Å². The van der Waals surface area contributed by atoms with Crippen molar-refractivity contribution in [2.24, 2.45) is 5.92 Å². The van der Waals surface area contributed by atoms with Crippen LogP contribution in [-0.2, 0) is 33.5 Å². The van der Waals surface area contributed by atoms with Gasteiger partial charge in [0.15, 0.2) is 6.23 Å². The maximum atomic E-state index is 13.9. The Labute approximate surface area is 256 Å². The molecule has 1 fully saturated rings. The van der Waals surface area contributed by atoms with Crippen molar-refractivity contribution in [3.63, 3.8) is 0 Å². The molecule has 2 aromatic rings. The molecule has 4 atom stereocenters. The molecule has 4 rings (SSSR count). The highest BCUT2D eigenvalue weighted by atomic mass is 19.4. The second-order valence-electron chi connectivity index (χ2n) is 11.8. The number of carbonyl (C=O) groups excluding carboxylic acids is 3. The zero-order valence-electron chi connectivity index (χ0n) is 25.6. The first-order chi connectivity index (χ1) is 20.9. The molecule has 44 heavy (non-hydrogen) atoms. The van der Waals surface area contributed by atoms with Gasteiger partial charge in [-0.2, -0.15) is 13.2 Å². The number of carbonyl (C=O) groups is 3. The summed E-state index contributed by atoms with van der Waals surface area (Å²) >= 11 is 0. The Morgan fingerprint density at radius 2 is 1.73 bits per heavy atom. The summed E-state index contributed by atoms with van der Waals surface area (Å²) in [5.74, 6) is -0.938. The highest BCUT2D eigenvalue weighted by Crippen LogP contribution is 2.31. The molecule has 2 aromatic carbocycles. The van der Waals surface area contributed by atoms with Gasteiger partial charge in [0, 0.05) is 19.6 Å². The number of alkyl halides is 3. The van der Waals surface area contributed by atoms with Crippen LogP contribution in [0.4, 0.5) is 18.0 Å². The summed E-state index contributed by atoms with van der Waals surface area (Å²) in [6.45, 7) is 6.40. The number of amides is 3. The first-order valence-electron chi connectivity index (χ1n) is 15.1. The molecule has 3 N–H and O–H groups in total. The molecular formula is C32H42F3N5O4. The summed E-state index contributed by atoms with van der Waals surface area (Å²) in [7, 11) is 1.65. The van der Waals surface area contributed by atoms with E-state index in [1.165, 1.54) is 22.6 Å². The van der Waals surface area contributed by atoms with Gasteiger partial charge in [0.25, 0.3) is 0 Å². The predicted molar refractivity (Wildman–Crippen MR) is 159 cm³/mol. The lowest BCUT2D eigenvalue weighted by Crippen LogP contribution is -2.62. The van der Waals surface area contributed by atoms with E-state index in [2.05, 4.69) is 16.0 Å². The quantitative estimate of drug-likeness (QED) is 0.390.